The molecule has 0 bridgehead atoms. The zero-order chi connectivity index (χ0) is 12.9. The third-order valence-corrected chi connectivity index (χ3v) is 5.89. The van der Waals surface area contributed by atoms with Crippen LogP contribution in [0.1, 0.15) is 0 Å². The van der Waals surface area contributed by atoms with Crippen molar-refractivity contribution in [3.05, 3.63) is 42.7 Å². The quantitative estimate of drug-likeness (QED) is 0.937. The van der Waals surface area contributed by atoms with Crippen LogP contribution in [-0.2, 0) is 0 Å². The molecule has 2 heterocycles. The van der Waals surface area contributed by atoms with Gasteiger partial charge in [-0.1, -0.05) is 18.2 Å². The molecule has 0 aliphatic carbocycles. The van der Waals surface area contributed by atoms with Gasteiger partial charge in [0.25, 0.3) is 0 Å². The Hall–Kier alpha value is -1.07. The van der Waals surface area contributed by atoms with Crippen LogP contribution in [0.25, 0.3) is 5.69 Å². The average Bonchev–Trinajstić information content (AvgIpc) is 2.95. The number of imidazole rings is 1. The lowest BCUT2D eigenvalue weighted by Crippen LogP contribution is -2.24. The van der Waals surface area contributed by atoms with Crippen molar-refractivity contribution < 1.29 is 0 Å². The van der Waals surface area contributed by atoms with Crippen molar-refractivity contribution in [2.75, 3.05) is 29.1 Å². The topological polar surface area (TPSA) is 29.9 Å². The molecule has 19 heavy (non-hydrogen) atoms. The maximum atomic E-state index is 4.41. The molecule has 1 N–H and O–H groups in total. The molecule has 3 nitrogen and oxygen atoms in total. The second-order valence-electron chi connectivity index (χ2n) is 4.41. The first-order valence-corrected chi connectivity index (χ1v) is 8.66. The number of benzene rings is 1. The summed E-state index contributed by atoms with van der Waals surface area (Å²) >= 11 is 4.12. The maximum absolute atomic E-state index is 4.41. The van der Waals surface area contributed by atoms with Crippen LogP contribution in [0.3, 0.4) is 0 Å². The van der Waals surface area contributed by atoms with Gasteiger partial charge in [-0.15, -0.1) is 0 Å². The highest BCUT2D eigenvalue weighted by atomic mass is 32.2. The van der Waals surface area contributed by atoms with Crippen LogP contribution >= 0.6 is 23.5 Å². The SMILES string of the molecule is c1ccc(-n2ccnc2NCC2CSCCS2)cc1. The highest BCUT2D eigenvalue weighted by Gasteiger charge is 2.15. The summed E-state index contributed by atoms with van der Waals surface area (Å²) in [5, 5.41) is 4.17. The minimum Gasteiger partial charge on any atom is -0.354 e. The van der Waals surface area contributed by atoms with Gasteiger partial charge in [0.1, 0.15) is 0 Å². The zero-order valence-electron chi connectivity index (χ0n) is 10.7. The Kier molecular flexibility index (Phi) is 4.35. The Balaban J connectivity index is 1.67. The molecule has 5 heteroatoms. The van der Waals surface area contributed by atoms with Crippen LogP contribution < -0.4 is 5.32 Å². The first-order valence-electron chi connectivity index (χ1n) is 6.45. The standard InChI is InChI=1S/C14H17N3S2/c1-2-4-12(5-3-1)17-7-6-15-14(17)16-10-13-11-18-8-9-19-13/h1-7,13H,8-11H2,(H,15,16). The van der Waals surface area contributed by atoms with Gasteiger partial charge in [-0.2, -0.15) is 23.5 Å². The van der Waals surface area contributed by atoms with Crippen LogP contribution in [0.2, 0.25) is 0 Å². The Bertz CT molecular complexity index is 506. The summed E-state index contributed by atoms with van der Waals surface area (Å²) in [4.78, 5) is 4.41. The number of anilines is 1. The van der Waals surface area contributed by atoms with E-state index in [2.05, 4.69) is 50.5 Å². The number of para-hydroxylation sites is 1. The molecule has 1 aliphatic rings. The van der Waals surface area contributed by atoms with Crippen LogP contribution in [0.5, 0.6) is 0 Å². The van der Waals surface area contributed by atoms with E-state index in [0.29, 0.717) is 5.25 Å². The second-order valence-corrected chi connectivity index (χ2v) is 6.96. The third kappa shape index (κ3) is 3.28. The molecule has 1 fully saturated rings. The lowest BCUT2D eigenvalue weighted by atomic mass is 10.3. The molecule has 1 aromatic carbocycles. The van der Waals surface area contributed by atoms with E-state index in [1.807, 2.05) is 30.6 Å². The number of hydrogen-bond acceptors (Lipinski definition) is 4. The summed E-state index contributed by atoms with van der Waals surface area (Å²) in [5.74, 6) is 4.73. The van der Waals surface area contributed by atoms with Crippen LogP contribution in [0.15, 0.2) is 42.7 Å². The van der Waals surface area contributed by atoms with Crippen LogP contribution in [-0.4, -0.2) is 38.6 Å². The molecule has 1 atom stereocenters. The van der Waals surface area contributed by atoms with E-state index in [1.165, 1.54) is 17.3 Å². The molecule has 0 spiro atoms. The number of nitrogens with zero attached hydrogens (tertiary/aromatic N) is 2. The average molecular weight is 291 g/mol. The molecule has 3 rings (SSSR count). The van der Waals surface area contributed by atoms with Gasteiger partial charge in [0.05, 0.1) is 0 Å². The minimum atomic E-state index is 0.694. The minimum absolute atomic E-state index is 0.694. The fourth-order valence-corrected chi connectivity index (χ4v) is 4.70. The number of hydrogen-bond donors (Lipinski definition) is 1. The highest BCUT2D eigenvalue weighted by Crippen LogP contribution is 2.24. The summed E-state index contributed by atoms with van der Waals surface area (Å²) in [6.07, 6.45) is 3.85. The van der Waals surface area contributed by atoms with Crippen molar-refractivity contribution in [3.8, 4) is 5.69 Å². The largest absolute Gasteiger partial charge is 0.354 e. The lowest BCUT2D eigenvalue weighted by Gasteiger charge is -2.21. The first kappa shape index (κ1) is 12.9. The van der Waals surface area contributed by atoms with Gasteiger partial charge in [0, 0.05) is 47.1 Å². The normalized spacial score (nSPS) is 19.3. The maximum Gasteiger partial charge on any atom is 0.207 e. The number of nitrogens with one attached hydrogen (secondary N) is 1. The van der Waals surface area contributed by atoms with E-state index >= 15 is 0 Å². The van der Waals surface area contributed by atoms with Crippen molar-refractivity contribution in [2.45, 2.75) is 5.25 Å². The fourth-order valence-electron chi connectivity index (χ4n) is 2.09. The van der Waals surface area contributed by atoms with E-state index < -0.39 is 0 Å². The van der Waals surface area contributed by atoms with Gasteiger partial charge in [0.2, 0.25) is 5.95 Å². The molecule has 1 unspecified atom stereocenters. The van der Waals surface area contributed by atoms with E-state index in [-0.39, 0.29) is 0 Å². The summed E-state index contributed by atoms with van der Waals surface area (Å²) < 4.78 is 2.10. The summed E-state index contributed by atoms with van der Waals surface area (Å²) in [6, 6.07) is 10.3. The summed E-state index contributed by atoms with van der Waals surface area (Å²) in [5.41, 5.74) is 1.15. The summed E-state index contributed by atoms with van der Waals surface area (Å²) in [6.45, 7) is 0.988. The predicted molar refractivity (Wildman–Crippen MR) is 85.6 cm³/mol. The van der Waals surface area contributed by atoms with Gasteiger partial charge in [-0.05, 0) is 12.1 Å². The van der Waals surface area contributed by atoms with Gasteiger partial charge in [-0.3, -0.25) is 4.57 Å². The molecule has 0 saturated carbocycles. The van der Waals surface area contributed by atoms with E-state index in [1.54, 1.807) is 0 Å². The van der Waals surface area contributed by atoms with Gasteiger partial charge in [-0.25, -0.2) is 4.98 Å². The highest BCUT2D eigenvalue weighted by molar-refractivity contribution is 8.06. The Morgan fingerprint density at radius 2 is 2.16 bits per heavy atom. The predicted octanol–water partition coefficient (Wildman–Crippen LogP) is 3.13. The van der Waals surface area contributed by atoms with Crippen molar-refractivity contribution >= 4 is 29.5 Å². The van der Waals surface area contributed by atoms with E-state index in [0.717, 1.165) is 18.2 Å². The van der Waals surface area contributed by atoms with Gasteiger partial charge >= 0.3 is 0 Å². The molecule has 0 amide bonds. The van der Waals surface area contributed by atoms with E-state index in [4.69, 9.17) is 0 Å². The lowest BCUT2D eigenvalue weighted by molar-refractivity contribution is 0.954. The number of aromatic nitrogens is 2. The van der Waals surface area contributed by atoms with Gasteiger partial charge in [0.15, 0.2) is 0 Å². The van der Waals surface area contributed by atoms with Crippen molar-refractivity contribution in [1.82, 2.24) is 9.55 Å². The molecule has 2 aromatic rings. The van der Waals surface area contributed by atoms with Crippen LogP contribution in [0.4, 0.5) is 5.95 Å². The Morgan fingerprint density at radius 3 is 2.95 bits per heavy atom. The van der Waals surface area contributed by atoms with Crippen molar-refractivity contribution in [2.24, 2.45) is 0 Å². The molecular weight excluding hydrogens is 274 g/mol. The van der Waals surface area contributed by atoms with Crippen molar-refractivity contribution in [1.29, 1.82) is 0 Å². The molecule has 1 saturated heterocycles. The third-order valence-electron chi connectivity index (χ3n) is 3.05. The molecule has 0 radical (unpaired) electrons. The molecule has 100 valence electrons. The summed E-state index contributed by atoms with van der Waals surface area (Å²) in [7, 11) is 0. The van der Waals surface area contributed by atoms with Crippen LogP contribution in [0, 0.1) is 0 Å². The zero-order valence-corrected chi connectivity index (χ0v) is 12.3. The van der Waals surface area contributed by atoms with Crippen molar-refractivity contribution in [3.63, 3.8) is 0 Å². The first-order chi connectivity index (χ1) is 9.43. The smallest absolute Gasteiger partial charge is 0.207 e. The molecule has 1 aromatic heterocycles. The second kappa shape index (κ2) is 6.39. The molecular formula is C14H17N3S2. The van der Waals surface area contributed by atoms with E-state index in [9.17, 15) is 0 Å². The Morgan fingerprint density at radius 1 is 1.26 bits per heavy atom. The van der Waals surface area contributed by atoms with Gasteiger partial charge < -0.3 is 5.32 Å². The fraction of sp³-hybridized carbons (Fsp3) is 0.357. The molecule has 1 aliphatic heterocycles. The Labute approximate surface area is 122 Å². The number of rotatable bonds is 4. The number of thioether (sulfide) groups is 2. The monoisotopic (exact) mass is 291 g/mol.